The Morgan fingerprint density at radius 3 is 2.89 bits per heavy atom. The number of nitro benzene ring substituents is 1. The summed E-state index contributed by atoms with van der Waals surface area (Å²) in [5.74, 6) is 0. The van der Waals surface area contributed by atoms with E-state index >= 15 is 0 Å². The van der Waals surface area contributed by atoms with Crippen LogP contribution in [0.5, 0.6) is 0 Å². The molecule has 7 heteroatoms. The van der Waals surface area contributed by atoms with Crippen LogP contribution in [0.15, 0.2) is 30.9 Å². The monoisotopic (exact) mass is 261 g/mol. The fraction of sp³-hybridized carbons (Fsp3) is 0.333. The first-order valence-electron chi connectivity index (χ1n) is 5.90. The summed E-state index contributed by atoms with van der Waals surface area (Å²) in [5.41, 5.74) is 1.63. The van der Waals surface area contributed by atoms with Crippen molar-refractivity contribution in [2.45, 2.75) is 26.4 Å². The van der Waals surface area contributed by atoms with E-state index in [4.69, 9.17) is 0 Å². The Hall–Kier alpha value is -2.44. The van der Waals surface area contributed by atoms with Crippen molar-refractivity contribution in [2.75, 3.05) is 5.32 Å². The molecule has 0 amide bonds. The lowest BCUT2D eigenvalue weighted by atomic mass is 10.1. The van der Waals surface area contributed by atoms with Crippen molar-refractivity contribution in [1.29, 1.82) is 0 Å². The molecule has 1 atom stereocenters. The zero-order valence-electron chi connectivity index (χ0n) is 10.8. The van der Waals surface area contributed by atoms with Gasteiger partial charge in [-0.2, -0.15) is 5.10 Å². The van der Waals surface area contributed by atoms with Crippen LogP contribution >= 0.6 is 0 Å². The standard InChI is InChI=1S/C12H15N5O2/c1-9-5-11(3-4-12(9)17(18)19)15-10(2)6-16-8-13-7-14-16/h3-5,7-8,10,15H,6H2,1-2H3/t10-/m0/s1. The molecular weight excluding hydrogens is 246 g/mol. The smallest absolute Gasteiger partial charge is 0.272 e. The van der Waals surface area contributed by atoms with E-state index < -0.39 is 0 Å². The summed E-state index contributed by atoms with van der Waals surface area (Å²) < 4.78 is 1.73. The summed E-state index contributed by atoms with van der Waals surface area (Å²) in [6.45, 7) is 4.42. The van der Waals surface area contributed by atoms with Crippen LogP contribution in [0.25, 0.3) is 0 Å². The van der Waals surface area contributed by atoms with Crippen molar-refractivity contribution in [3.05, 3.63) is 46.5 Å². The molecule has 0 saturated heterocycles. The van der Waals surface area contributed by atoms with Crippen molar-refractivity contribution in [1.82, 2.24) is 14.8 Å². The van der Waals surface area contributed by atoms with Gasteiger partial charge in [0.15, 0.2) is 0 Å². The molecule has 100 valence electrons. The van der Waals surface area contributed by atoms with Gasteiger partial charge >= 0.3 is 0 Å². The molecule has 1 aromatic heterocycles. The molecule has 0 radical (unpaired) electrons. The van der Waals surface area contributed by atoms with Crippen LogP contribution in [0.2, 0.25) is 0 Å². The number of rotatable bonds is 5. The van der Waals surface area contributed by atoms with E-state index in [1.54, 1.807) is 30.1 Å². The minimum absolute atomic E-state index is 0.134. The predicted octanol–water partition coefficient (Wildman–Crippen LogP) is 2.00. The lowest BCUT2D eigenvalue weighted by Crippen LogP contribution is -2.22. The summed E-state index contributed by atoms with van der Waals surface area (Å²) in [5, 5.41) is 18.0. The second-order valence-corrected chi connectivity index (χ2v) is 4.42. The zero-order valence-corrected chi connectivity index (χ0v) is 10.8. The number of benzene rings is 1. The molecule has 19 heavy (non-hydrogen) atoms. The molecule has 1 N–H and O–H groups in total. The predicted molar refractivity (Wildman–Crippen MR) is 70.9 cm³/mol. The molecule has 0 spiro atoms. The van der Waals surface area contributed by atoms with Gasteiger partial charge < -0.3 is 5.32 Å². The van der Waals surface area contributed by atoms with Gasteiger partial charge in [-0.15, -0.1) is 0 Å². The van der Waals surface area contributed by atoms with Crippen molar-refractivity contribution >= 4 is 11.4 Å². The van der Waals surface area contributed by atoms with Crippen molar-refractivity contribution < 1.29 is 4.92 Å². The van der Waals surface area contributed by atoms with Crippen molar-refractivity contribution in [3.63, 3.8) is 0 Å². The number of aromatic nitrogens is 3. The zero-order chi connectivity index (χ0) is 13.8. The fourth-order valence-corrected chi connectivity index (χ4v) is 1.89. The molecular formula is C12H15N5O2. The van der Waals surface area contributed by atoms with Gasteiger partial charge in [0.1, 0.15) is 12.7 Å². The number of hydrogen-bond acceptors (Lipinski definition) is 5. The van der Waals surface area contributed by atoms with Gasteiger partial charge in [0.2, 0.25) is 0 Å². The van der Waals surface area contributed by atoms with Gasteiger partial charge in [0, 0.05) is 23.4 Å². The first-order chi connectivity index (χ1) is 9.06. The van der Waals surface area contributed by atoms with E-state index in [1.165, 1.54) is 12.4 Å². The molecule has 0 aliphatic rings. The van der Waals surface area contributed by atoms with Crippen LogP contribution in [0, 0.1) is 17.0 Å². The average molecular weight is 261 g/mol. The normalized spacial score (nSPS) is 12.1. The first kappa shape index (κ1) is 13.0. The summed E-state index contributed by atoms with van der Waals surface area (Å²) in [6, 6.07) is 5.14. The Balaban J connectivity index is 2.03. The Morgan fingerprint density at radius 2 is 2.32 bits per heavy atom. The topological polar surface area (TPSA) is 85.9 Å². The number of nitrogens with one attached hydrogen (secondary N) is 1. The lowest BCUT2D eigenvalue weighted by Gasteiger charge is -2.15. The molecule has 0 bridgehead atoms. The quantitative estimate of drug-likeness (QED) is 0.657. The highest BCUT2D eigenvalue weighted by Crippen LogP contribution is 2.22. The molecule has 0 saturated carbocycles. The molecule has 2 aromatic rings. The highest BCUT2D eigenvalue weighted by atomic mass is 16.6. The fourth-order valence-electron chi connectivity index (χ4n) is 1.89. The first-order valence-corrected chi connectivity index (χ1v) is 5.90. The Bertz CT molecular complexity index is 568. The summed E-state index contributed by atoms with van der Waals surface area (Å²) >= 11 is 0. The number of nitro groups is 1. The van der Waals surface area contributed by atoms with E-state index in [2.05, 4.69) is 15.4 Å². The van der Waals surface area contributed by atoms with E-state index in [0.717, 1.165) is 5.69 Å². The third-order valence-corrected chi connectivity index (χ3v) is 2.73. The van der Waals surface area contributed by atoms with E-state index in [9.17, 15) is 10.1 Å². The highest BCUT2D eigenvalue weighted by molar-refractivity contribution is 5.53. The second kappa shape index (κ2) is 5.47. The minimum atomic E-state index is -0.377. The molecule has 0 unspecified atom stereocenters. The summed E-state index contributed by atoms with van der Waals surface area (Å²) in [6.07, 6.45) is 3.14. The molecule has 7 nitrogen and oxygen atoms in total. The molecule has 0 fully saturated rings. The molecule has 1 aromatic carbocycles. The van der Waals surface area contributed by atoms with Crippen LogP contribution in [0.3, 0.4) is 0 Å². The third-order valence-electron chi connectivity index (χ3n) is 2.73. The van der Waals surface area contributed by atoms with Gasteiger partial charge in [-0.05, 0) is 26.0 Å². The molecule has 2 rings (SSSR count). The van der Waals surface area contributed by atoms with Gasteiger partial charge in [-0.25, -0.2) is 4.98 Å². The molecule has 1 heterocycles. The summed E-state index contributed by atoms with van der Waals surface area (Å²) in [4.78, 5) is 14.2. The average Bonchev–Trinajstić information content (AvgIpc) is 2.81. The highest BCUT2D eigenvalue weighted by Gasteiger charge is 2.11. The van der Waals surface area contributed by atoms with Crippen molar-refractivity contribution in [2.24, 2.45) is 0 Å². The summed E-state index contributed by atoms with van der Waals surface area (Å²) in [7, 11) is 0. The van der Waals surface area contributed by atoms with Crippen LogP contribution in [-0.2, 0) is 6.54 Å². The minimum Gasteiger partial charge on any atom is -0.381 e. The second-order valence-electron chi connectivity index (χ2n) is 4.42. The SMILES string of the molecule is Cc1cc(N[C@@H](C)Cn2cncn2)ccc1[N+](=O)[O-]. The molecule has 0 aliphatic carbocycles. The lowest BCUT2D eigenvalue weighted by molar-refractivity contribution is -0.385. The molecule has 0 aliphatic heterocycles. The maximum Gasteiger partial charge on any atom is 0.272 e. The number of hydrogen-bond donors (Lipinski definition) is 1. The van der Waals surface area contributed by atoms with E-state index in [1.807, 2.05) is 6.92 Å². The van der Waals surface area contributed by atoms with Crippen LogP contribution in [0.1, 0.15) is 12.5 Å². The van der Waals surface area contributed by atoms with Gasteiger partial charge in [-0.1, -0.05) is 0 Å². The largest absolute Gasteiger partial charge is 0.381 e. The Kier molecular flexibility index (Phi) is 3.74. The maximum atomic E-state index is 10.7. The number of anilines is 1. The van der Waals surface area contributed by atoms with Crippen molar-refractivity contribution in [3.8, 4) is 0 Å². The Labute approximate surface area is 110 Å². The Morgan fingerprint density at radius 1 is 1.53 bits per heavy atom. The number of aryl methyl sites for hydroxylation is 1. The maximum absolute atomic E-state index is 10.7. The van der Waals surface area contributed by atoms with Crippen LogP contribution < -0.4 is 5.32 Å². The third kappa shape index (κ3) is 3.27. The van der Waals surface area contributed by atoms with Crippen LogP contribution in [0.4, 0.5) is 11.4 Å². The van der Waals surface area contributed by atoms with Gasteiger partial charge in [0.05, 0.1) is 11.5 Å². The van der Waals surface area contributed by atoms with E-state index in [-0.39, 0.29) is 16.7 Å². The van der Waals surface area contributed by atoms with Crippen LogP contribution in [-0.4, -0.2) is 25.7 Å². The number of nitrogens with zero attached hydrogens (tertiary/aromatic N) is 4. The van der Waals surface area contributed by atoms with E-state index in [0.29, 0.717) is 12.1 Å². The van der Waals surface area contributed by atoms with Gasteiger partial charge in [-0.3, -0.25) is 14.8 Å². The van der Waals surface area contributed by atoms with Gasteiger partial charge in [0.25, 0.3) is 5.69 Å².